The normalized spacial score (nSPS) is 16.3. The first kappa shape index (κ1) is 11.3. The summed E-state index contributed by atoms with van der Waals surface area (Å²) in [4.78, 5) is 8.71. The lowest BCUT2D eigenvalue weighted by Gasteiger charge is -2.12. The van der Waals surface area contributed by atoms with Gasteiger partial charge < -0.3 is 10.5 Å². The Hall–Kier alpha value is -1.23. The van der Waals surface area contributed by atoms with Gasteiger partial charge >= 0.3 is 6.01 Å². The molecule has 16 heavy (non-hydrogen) atoms. The molecule has 0 unspecified atom stereocenters. The van der Waals surface area contributed by atoms with E-state index < -0.39 is 0 Å². The number of rotatable bonds is 3. The summed E-state index contributed by atoms with van der Waals surface area (Å²) in [5.74, 6) is 0. The summed E-state index contributed by atoms with van der Waals surface area (Å²) in [7, 11) is 0. The Morgan fingerprint density at radius 2 is 2.12 bits per heavy atom. The Morgan fingerprint density at radius 1 is 1.44 bits per heavy atom. The molecule has 1 heterocycles. The highest BCUT2D eigenvalue weighted by Gasteiger charge is 2.18. The average molecular weight is 237 g/mol. The monoisotopic (exact) mass is 237 g/mol. The van der Waals surface area contributed by atoms with E-state index in [4.69, 9.17) is 22.7 Å². The Labute approximate surface area is 100 Å². The first-order valence-corrected chi connectivity index (χ1v) is 5.88. The first-order chi connectivity index (χ1) is 7.65. The summed E-state index contributed by atoms with van der Waals surface area (Å²) in [6.07, 6.45) is 4.86. The minimum Gasteiger partial charge on any atom is -0.460 e. The average Bonchev–Trinajstić information content (AvgIpc) is 2.69. The highest BCUT2D eigenvalue weighted by Crippen LogP contribution is 2.22. The molecule has 5 heteroatoms. The summed E-state index contributed by atoms with van der Waals surface area (Å²) in [5, 5.41) is 0. The predicted molar refractivity (Wildman–Crippen MR) is 65.5 cm³/mol. The summed E-state index contributed by atoms with van der Waals surface area (Å²) in [6.45, 7) is 1.88. The van der Waals surface area contributed by atoms with Crippen LogP contribution in [0.1, 0.15) is 37.1 Å². The zero-order chi connectivity index (χ0) is 11.5. The molecule has 0 radical (unpaired) electrons. The summed E-state index contributed by atoms with van der Waals surface area (Å²) < 4.78 is 5.71. The second kappa shape index (κ2) is 4.74. The third-order valence-corrected chi connectivity index (χ3v) is 2.87. The number of nitrogens with two attached hydrogens (primary N) is 1. The van der Waals surface area contributed by atoms with E-state index in [2.05, 4.69) is 9.97 Å². The predicted octanol–water partition coefficient (Wildman–Crippen LogP) is 1.74. The minimum absolute atomic E-state index is 0.251. The van der Waals surface area contributed by atoms with Crippen LogP contribution in [0, 0.1) is 6.92 Å². The molecule has 1 aliphatic rings. The number of hydrogen-bond acceptors (Lipinski definition) is 4. The van der Waals surface area contributed by atoms with E-state index in [1.54, 1.807) is 6.07 Å². The molecular weight excluding hydrogens is 222 g/mol. The van der Waals surface area contributed by atoms with Gasteiger partial charge in [-0.2, -0.15) is 4.98 Å². The van der Waals surface area contributed by atoms with Crippen LogP contribution >= 0.6 is 12.2 Å². The lowest BCUT2D eigenvalue weighted by atomic mass is 10.3. The van der Waals surface area contributed by atoms with E-state index in [9.17, 15) is 0 Å². The van der Waals surface area contributed by atoms with Crippen LogP contribution in [-0.2, 0) is 0 Å². The highest BCUT2D eigenvalue weighted by atomic mass is 32.1. The van der Waals surface area contributed by atoms with Crippen LogP contribution in [0.15, 0.2) is 6.07 Å². The van der Waals surface area contributed by atoms with Crippen molar-refractivity contribution >= 4 is 17.2 Å². The van der Waals surface area contributed by atoms with Crippen LogP contribution in [0.2, 0.25) is 0 Å². The van der Waals surface area contributed by atoms with Crippen molar-refractivity contribution in [2.24, 2.45) is 5.73 Å². The van der Waals surface area contributed by atoms with Gasteiger partial charge in [-0.15, -0.1) is 0 Å². The number of aromatic nitrogens is 2. The van der Waals surface area contributed by atoms with Crippen molar-refractivity contribution in [2.45, 2.75) is 38.7 Å². The molecular formula is C11H15N3OS. The number of ether oxygens (including phenoxy) is 1. The Bertz CT molecular complexity index is 402. The molecule has 4 nitrogen and oxygen atoms in total. The SMILES string of the molecule is Cc1cc(C(N)=S)nc(OC2CCCC2)n1. The second-order valence-corrected chi connectivity index (χ2v) is 4.51. The molecule has 0 atom stereocenters. The van der Waals surface area contributed by atoms with Crippen molar-refractivity contribution in [3.63, 3.8) is 0 Å². The molecule has 1 aromatic rings. The van der Waals surface area contributed by atoms with Gasteiger partial charge in [-0.05, 0) is 38.7 Å². The molecule has 2 N–H and O–H groups in total. The molecule has 0 amide bonds. The van der Waals surface area contributed by atoms with Crippen molar-refractivity contribution < 1.29 is 4.74 Å². The Kier molecular flexibility index (Phi) is 3.33. The largest absolute Gasteiger partial charge is 0.460 e. The summed E-state index contributed by atoms with van der Waals surface area (Å²) in [6, 6.07) is 2.17. The van der Waals surface area contributed by atoms with Crippen LogP contribution in [0.3, 0.4) is 0 Å². The number of hydrogen-bond donors (Lipinski definition) is 1. The maximum Gasteiger partial charge on any atom is 0.317 e. The topological polar surface area (TPSA) is 61.0 Å². The maximum atomic E-state index is 5.71. The molecule has 0 aromatic carbocycles. The van der Waals surface area contributed by atoms with Gasteiger partial charge in [0.15, 0.2) is 0 Å². The van der Waals surface area contributed by atoms with E-state index in [-0.39, 0.29) is 11.1 Å². The van der Waals surface area contributed by atoms with E-state index in [1.807, 2.05) is 6.92 Å². The van der Waals surface area contributed by atoms with Crippen LogP contribution in [-0.4, -0.2) is 21.1 Å². The highest BCUT2D eigenvalue weighted by molar-refractivity contribution is 7.80. The van der Waals surface area contributed by atoms with Gasteiger partial charge in [-0.3, -0.25) is 0 Å². The van der Waals surface area contributed by atoms with Gasteiger partial charge in [0.25, 0.3) is 0 Å². The van der Waals surface area contributed by atoms with Crippen molar-refractivity contribution in [1.29, 1.82) is 0 Å². The minimum atomic E-state index is 0.251. The zero-order valence-electron chi connectivity index (χ0n) is 9.27. The number of thiocarbonyl (C=S) groups is 1. The van der Waals surface area contributed by atoms with Crippen LogP contribution in [0.25, 0.3) is 0 Å². The quantitative estimate of drug-likeness (QED) is 0.811. The van der Waals surface area contributed by atoms with Crippen molar-refractivity contribution in [3.8, 4) is 6.01 Å². The van der Waals surface area contributed by atoms with Crippen LogP contribution in [0.4, 0.5) is 0 Å². The molecule has 0 bridgehead atoms. The summed E-state index contributed by atoms with van der Waals surface area (Å²) in [5.41, 5.74) is 6.95. The third-order valence-electron chi connectivity index (χ3n) is 2.66. The fraction of sp³-hybridized carbons (Fsp3) is 0.545. The molecule has 1 aliphatic carbocycles. The van der Waals surface area contributed by atoms with Gasteiger partial charge in [-0.1, -0.05) is 12.2 Å². The summed E-state index contributed by atoms with van der Waals surface area (Å²) >= 11 is 4.90. The van der Waals surface area contributed by atoms with Gasteiger partial charge in [0.1, 0.15) is 16.8 Å². The second-order valence-electron chi connectivity index (χ2n) is 4.07. The fourth-order valence-electron chi connectivity index (χ4n) is 1.88. The lowest BCUT2D eigenvalue weighted by molar-refractivity contribution is 0.191. The van der Waals surface area contributed by atoms with Gasteiger partial charge in [0.2, 0.25) is 0 Å². The third kappa shape index (κ3) is 2.66. The molecule has 2 rings (SSSR count). The fourth-order valence-corrected chi connectivity index (χ4v) is 1.98. The molecule has 0 spiro atoms. The van der Waals surface area contributed by atoms with Crippen molar-refractivity contribution in [1.82, 2.24) is 9.97 Å². The van der Waals surface area contributed by atoms with E-state index in [0.717, 1.165) is 18.5 Å². The van der Waals surface area contributed by atoms with Crippen LogP contribution in [0.5, 0.6) is 6.01 Å². The van der Waals surface area contributed by atoms with Gasteiger partial charge in [0.05, 0.1) is 0 Å². The molecule has 1 saturated carbocycles. The molecule has 1 fully saturated rings. The Morgan fingerprint density at radius 3 is 2.75 bits per heavy atom. The molecule has 86 valence electrons. The Balaban J connectivity index is 2.16. The first-order valence-electron chi connectivity index (χ1n) is 5.47. The van der Waals surface area contributed by atoms with Crippen molar-refractivity contribution in [2.75, 3.05) is 0 Å². The van der Waals surface area contributed by atoms with Crippen LogP contribution < -0.4 is 10.5 Å². The smallest absolute Gasteiger partial charge is 0.317 e. The molecule has 1 aromatic heterocycles. The maximum absolute atomic E-state index is 5.71. The standard InChI is InChI=1S/C11H15N3OS/c1-7-6-9(10(12)16)14-11(13-7)15-8-4-2-3-5-8/h6,8H,2-5H2,1H3,(H2,12,16). The molecule has 0 saturated heterocycles. The van der Waals surface area contributed by atoms with E-state index in [1.165, 1.54) is 12.8 Å². The molecule has 0 aliphatic heterocycles. The van der Waals surface area contributed by atoms with E-state index in [0.29, 0.717) is 11.7 Å². The lowest BCUT2D eigenvalue weighted by Crippen LogP contribution is -2.17. The number of nitrogens with zero attached hydrogens (tertiary/aromatic N) is 2. The zero-order valence-corrected chi connectivity index (χ0v) is 10.1. The number of aryl methyl sites for hydroxylation is 1. The van der Waals surface area contributed by atoms with Crippen molar-refractivity contribution in [3.05, 3.63) is 17.5 Å². The van der Waals surface area contributed by atoms with Gasteiger partial charge in [-0.25, -0.2) is 4.98 Å². The van der Waals surface area contributed by atoms with E-state index >= 15 is 0 Å². The van der Waals surface area contributed by atoms with Gasteiger partial charge in [0, 0.05) is 5.69 Å².